The fourth-order valence-electron chi connectivity index (χ4n) is 2.22. The Bertz CT molecular complexity index is 916. The van der Waals surface area contributed by atoms with E-state index in [2.05, 4.69) is 52.0 Å². The van der Waals surface area contributed by atoms with E-state index < -0.39 is 5.97 Å². The van der Waals surface area contributed by atoms with Crippen molar-refractivity contribution in [2.24, 2.45) is 0 Å². The molecule has 0 aliphatic heterocycles. The first-order valence-corrected chi connectivity index (χ1v) is 9.36. The molecule has 0 atom stereocenters. The van der Waals surface area contributed by atoms with E-state index in [0.717, 1.165) is 15.8 Å². The predicted octanol–water partition coefficient (Wildman–Crippen LogP) is 4.66. The number of aromatic nitrogens is 2. The Labute approximate surface area is 156 Å². The summed E-state index contributed by atoms with van der Waals surface area (Å²) in [7, 11) is 0. The van der Waals surface area contributed by atoms with E-state index in [1.807, 2.05) is 16.1 Å². The van der Waals surface area contributed by atoms with Gasteiger partial charge in [-0.3, -0.25) is 4.68 Å². The van der Waals surface area contributed by atoms with E-state index in [9.17, 15) is 4.79 Å². The summed E-state index contributed by atoms with van der Waals surface area (Å²) < 4.78 is 9.43. The number of carbonyl (C=O) groups is 1. The normalized spacial score (nSPS) is 10.9. The molecule has 3 rings (SSSR count). The van der Waals surface area contributed by atoms with Crippen molar-refractivity contribution in [2.45, 2.75) is 13.5 Å². The van der Waals surface area contributed by atoms with Gasteiger partial charge in [0.15, 0.2) is 5.69 Å². The van der Waals surface area contributed by atoms with Crippen LogP contribution in [0.2, 0.25) is 0 Å². The van der Waals surface area contributed by atoms with E-state index in [1.54, 1.807) is 6.92 Å². The smallest absolute Gasteiger partial charge is 0.360 e. The Morgan fingerprint density at radius 3 is 2.78 bits per heavy atom. The van der Waals surface area contributed by atoms with Crippen LogP contribution in [0.3, 0.4) is 0 Å². The summed E-state index contributed by atoms with van der Waals surface area (Å²) in [6, 6.07) is 10.2. The van der Waals surface area contributed by atoms with Gasteiger partial charge in [-0.15, -0.1) is 11.3 Å². The highest BCUT2D eigenvalue weighted by molar-refractivity contribution is 14.1. The van der Waals surface area contributed by atoms with Crippen LogP contribution in [0.15, 0.2) is 35.7 Å². The van der Waals surface area contributed by atoms with Crippen LogP contribution in [0.25, 0.3) is 10.2 Å². The third kappa shape index (κ3) is 3.46. The minimum Gasteiger partial charge on any atom is -0.461 e. The monoisotopic (exact) mass is 456 g/mol. The van der Waals surface area contributed by atoms with Crippen molar-refractivity contribution in [3.05, 3.63) is 55.0 Å². The summed E-state index contributed by atoms with van der Waals surface area (Å²) in [5.74, 6) is -0.468. The third-order valence-corrected chi connectivity index (χ3v) is 5.45. The molecular formula is C16H13IN2O2S2. The first kappa shape index (κ1) is 16.5. The summed E-state index contributed by atoms with van der Waals surface area (Å²) >= 11 is 9.20. The van der Waals surface area contributed by atoms with Gasteiger partial charge in [0.05, 0.1) is 27.9 Å². The maximum Gasteiger partial charge on any atom is 0.360 e. The molecular weight excluding hydrogens is 443 g/mol. The minimum atomic E-state index is -0.468. The number of carbonyl (C=O) groups excluding carboxylic acids is 1. The van der Waals surface area contributed by atoms with Crippen molar-refractivity contribution < 1.29 is 9.53 Å². The van der Waals surface area contributed by atoms with Crippen molar-refractivity contribution in [3.63, 3.8) is 0 Å². The van der Waals surface area contributed by atoms with E-state index in [-0.39, 0.29) is 5.69 Å². The lowest BCUT2D eigenvalue weighted by Crippen LogP contribution is -2.15. The molecule has 0 aliphatic carbocycles. The van der Waals surface area contributed by atoms with Crippen LogP contribution < -0.4 is 0 Å². The molecule has 4 nitrogen and oxygen atoms in total. The summed E-state index contributed by atoms with van der Waals surface area (Å²) in [4.78, 5) is 12.1. The maximum absolute atomic E-state index is 12.1. The van der Waals surface area contributed by atoms with Crippen LogP contribution in [0, 0.1) is 8.08 Å². The minimum absolute atomic E-state index is 0.210. The molecule has 0 saturated carbocycles. The van der Waals surface area contributed by atoms with E-state index in [4.69, 9.17) is 17.0 Å². The SMILES string of the molecule is CCOC(=O)c1nn(Cc2ccc(I)cc2)c2ccsc2c1=S. The fourth-order valence-corrected chi connectivity index (χ4v) is 3.78. The van der Waals surface area contributed by atoms with Gasteiger partial charge in [0.2, 0.25) is 0 Å². The summed E-state index contributed by atoms with van der Waals surface area (Å²) in [5.41, 5.74) is 2.26. The average molecular weight is 456 g/mol. The van der Waals surface area contributed by atoms with E-state index in [0.29, 0.717) is 17.7 Å². The molecule has 0 bridgehead atoms. The number of fused-ring (bicyclic) bond motifs is 1. The highest BCUT2D eigenvalue weighted by Gasteiger charge is 2.17. The number of benzene rings is 1. The van der Waals surface area contributed by atoms with Crippen LogP contribution in [0.4, 0.5) is 0 Å². The second kappa shape index (κ2) is 7.06. The molecule has 3 aromatic rings. The first-order chi connectivity index (χ1) is 11.1. The van der Waals surface area contributed by atoms with Crippen LogP contribution in [-0.4, -0.2) is 22.4 Å². The molecule has 0 aliphatic rings. The van der Waals surface area contributed by atoms with Crippen molar-refractivity contribution >= 4 is 62.3 Å². The molecule has 0 N–H and O–H groups in total. The zero-order valence-corrected chi connectivity index (χ0v) is 16.1. The van der Waals surface area contributed by atoms with Gasteiger partial charge in [-0.1, -0.05) is 24.4 Å². The molecule has 0 saturated heterocycles. The predicted molar refractivity (Wildman–Crippen MR) is 103 cm³/mol. The molecule has 0 amide bonds. The standard InChI is InChI=1S/C16H13IN2O2S2/c1-2-21-16(20)13-14(22)15-12(7-8-23-15)19(18-13)9-10-3-5-11(17)6-4-10/h3-8H,2,9H2,1H3. The second-order valence-electron chi connectivity index (χ2n) is 4.82. The third-order valence-electron chi connectivity index (χ3n) is 3.28. The van der Waals surface area contributed by atoms with Crippen LogP contribution in [-0.2, 0) is 11.3 Å². The molecule has 7 heteroatoms. The van der Waals surface area contributed by atoms with Gasteiger partial charge in [0.25, 0.3) is 0 Å². The van der Waals surface area contributed by atoms with Gasteiger partial charge in [-0.05, 0) is 58.7 Å². The van der Waals surface area contributed by atoms with Gasteiger partial charge in [0, 0.05) is 3.57 Å². The number of esters is 1. The van der Waals surface area contributed by atoms with Crippen LogP contribution >= 0.6 is 46.1 Å². The lowest BCUT2D eigenvalue weighted by atomic mass is 10.2. The van der Waals surface area contributed by atoms with Crippen molar-refractivity contribution in [1.82, 2.24) is 9.78 Å². The lowest BCUT2D eigenvalue weighted by Gasteiger charge is -2.10. The second-order valence-corrected chi connectivity index (χ2v) is 7.39. The van der Waals surface area contributed by atoms with Crippen molar-refractivity contribution in [3.8, 4) is 0 Å². The van der Waals surface area contributed by atoms with Gasteiger partial charge >= 0.3 is 5.97 Å². The van der Waals surface area contributed by atoms with Crippen molar-refractivity contribution in [1.29, 1.82) is 0 Å². The van der Waals surface area contributed by atoms with Gasteiger partial charge in [0.1, 0.15) is 0 Å². The summed E-state index contributed by atoms with van der Waals surface area (Å²) in [6.45, 7) is 2.64. The zero-order chi connectivity index (χ0) is 16.4. The number of hydrogen-bond donors (Lipinski definition) is 0. The highest BCUT2D eigenvalue weighted by atomic mass is 127. The van der Waals surface area contributed by atoms with Crippen molar-refractivity contribution in [2.75, 3.05) is 6.61 Å². The summed E-state index contributed by atoms with van der Waals surface area (Å²) in [6.07, 6.45) is 0. The Kier molecular flexibility index (Phi) is 5.08. The van der Waals surface area contributed by atoms with Gasteiger partial charge in [-0.2, -0.15) is 5.10 Å². The Hall–Kier alpha value is -1.32. The fraction of sp³-hybridized carbons (Fsp3) is 0.188. The lowest BCUT2D eigenvalue weighted by molar-refractivity contribution is 0.0516. The number of nitrogens with zero attached hydrogens (tertiary/aromatic N) is 2. The average Bonchev–Trinajstić information content (AvgIpc) is 3.02. The number of thiophene rings is 1. The number of ether oxygens (including phenoxy) is 1. The Morgan fingerprint density at radius 1 is 1.35 bits per heavy atom. The maximum atomic E-state index is 12.1. The molecule has 2 aromatic heterocycles. The molecule has 23 heavy (non-hydrogen) atoms. The molecule has 0 fully saturated rings. The molecule has 0 unspecified atom stereocenters. The van der Waals surface area contributed by atoms with Crippen LogP contribution in [0.5, 0.6) is 0 Å². The van der Waals surface area contributed by atoms with E-state index >= 15 is 0 Å². The van der Waals surface area contributed by atoms with Gasteiger partial charge in [-0.25, -0.2) is 4.79 Å². The Morgan fingerprint density at radius 2 is 2.09 bits per heavy atom. The number of halogens is 1. The zero-order valence-electron chi connectivity index (χ0n) is 12.3. The number of rotatable bonds is 4. The van der Waals surface area contributed by atoms with Gasteiger partial charge < -0.3 is 4.74 Å². The molecule has 118 valence electrons. The topological polar surface area (TPSA) is 44.1 Å². The van der Waals surface area contributed by atoms with E-state index in [1.165, 1.54) is 14.9 Å². The largest absolute Gasteiger partial charge is 0.461 e. The van der Waals surface area contributed by atoms with Crippen LogP contribution in [0.1, 0.15) is 23.0 Å². The molecule has 1 aromatic carbocycles. The summed E-state index contributed by atoms with van der Waals surface area (Å²) in [5, 5.41) is 6.41. The quantitative estimate of drug-likeness (QED) is 0.326. The first-order valence-electron chi connectivity index (χ1n) is 7.00. The molecule has 2 heterocycles. The number of hydrogen-bond acceptors (Lipinski definition) is 5. The highest BCUT2D eigenvalue weighted by Crippen LogP contribution is 2.24. The molecule has 0 radical (unpaired) electrons. The Balaban J connectivity index is 2.10. The molecule has 0 spiro atoms.